The molecule has 2 rings (SSSR count). The summed E-state index contributed by atoms with van der Waals surface area (Å²) in [7, 11) is 0. The number of hydrogen-bond donors (Lipinski definition) is 1. The van der Waals surface area contributed by atoms with E-state index in [4.69, 9.17) is 14.7 Å². The Hall–Kier alpha value is -3.33. The number of aryl methyl sites for hydroxylation is 1. The fourth-order valence-electron chi connectivity index (χ4n) is 2.23. The minimum atomic E-state index is -0.636. The highest BCUT2D eigenvalue weighted by atomic mass is 16.6. The van der Waals surface area contributed by atoms with E-state index in [0.29, 0.717) is 24.3 Å². The molecule has 0 saturated carbocycles. The molecule has 2 aromatic carbocycles. The highest BCUT2D eigenvalue weighted by Crippen LogP contribution is 2.11. The Balaban J connectivity index is 1.62. The van der Waals surface area contributed by atoms with E-state index in [2.05, 4.69) is 5.32 Å². The van der Waals surface area contributed by atoms with Crippen molar-refractivity contribution >= 4 is 11.9 Å². The largest absolute Gasteiger partial charge is 0.482 e. The zero-order valence-electron chi connectivity index (χ0n) is 14.5. The Morgan fingerprint density at radius 2 is 1.81 bits per heavy atom. The van der Waals surface area contributed by atoms with Crippen LogP contribution in [0.4, 0.5) is 0 Å². The number of amides is 1. The van der Waals surface area contributed by atoms with Crippen molar-refractivity contribution < 1.29 is 19.1 Å². The Morgan fingerprint density at radius 3 is 2.50 bits per heavy atom. The van der Waals surface area contributed by atoms with Gasteiger partial charge in [0, 0.05) is 6.54 Å². The molecule has 0 aromatic heterocycles. The van der Waals surface area contributed by atoms with Crippen LogP contribution in [0.3, 0.4) is 0 Å². The van der Waals surface area contributed by atoms with Gasteiger partial charge in [-0.15, -0.1) is 0 Å². The average molecular weight is 352 g/mol. The van der Waals surface area contributed by atoms with Gasteiger partial charge in [0.05, 0.1) is 11.6 Å². The van der Waals surface area contributed by atoms with Crippen LogP contribution in [0.2, 0.25) is 0 Å². The van der Waals surface area contributed by atoms with Crippen LogP contribution < -0.4 is 10.1 Å². The minimum absolute atomic E-state index is 0.303. The Kier molecular flexibility index (Phi) is 7.19. The van der Waals surface area contributed by atoms with Gasteiger partial charge in [-0.25, -0.2) is 4.79 Å². The molecule has 0 atom stereocenters. The predicted octanol–water partition coefficient (Wildman–Crippen LogP) is 2.15. The topological polar surface area (TPSA) is 88.4 Å². The molecule has 6 heteroatoms. The van der Waals surface area contributed by atoms with Crippen LogP contribution >= 0.6 is 0 Å². The first-order chi connectivity index (χ1) is 12.6. The SMILES string of the molecule is Cc1ccccc1CCNC(=O)COC(=O)COc1ccc(C#N)cc1. The third kappa shape index (κ3) is 6.29. The molecule has 134 valence electrons. The van der Waals surface area contributed by atoms with Crippen molar-refractivity contribution in [2.24, 2.45) is 0 Å². The summed E-state index contributed by atoms with van der Waals surface area (Å²) in [4.78, 5) is 23.3. The molecule has 0 bridgehead atoms. The van der Waals surface area contributed by atoms with Gasteiger partial charge < -0.3 is 14.8 Å². The van der Waals surface area contributed by atoms with E-state index in [-0.39, 0.29) is 19.1 Å². The Bertz CT molecular complexity index is 794. The van der Waals surface area contributed by atoms with Gasteiger partial charge in [0.1, 0.15) is 5.75 Å². The highest BCUT2D eigenvalue weighted by molar-refractivity contribution is 5.80. The van der Waals surface area contributed by atoms with Crippen molar-refractivity contribution in [1.82, 2.24) is 5.32 Å². The second-order valence-electron chi connectivity index (χ2n) is 5.61. The maximum atomic E-state index is 11.7. The van der Waals surface area contributed by atoms with Gasteiger partial charge in [0.15, 0.2) is 13.2 Å². The molecule has 0 spiro atoms. The number of carbonyl (C=O) groups excluding carboxylic acids is 2. The van der Waals surface area contributed by atoms with Gasteiger partial charge in [-0.3, -0.25) is 4.79 Å². The van der Waals surface area contributed by atoms with Gasteiger partial charge in [-0.1, -0.05) is 24.3 Å². The van der Waals surface area contributed by atoms with Crippen LogP contribution in [0.1, 0.15) is 16.7 Å². The van der Waals surface area contributed by atoms with Crippen molar-refractivity contribution in [3.63, 3.8) is 0 Å². The van der Waals surface area contributed by atoms with Crippen LogP contribution in [-0.4, -0.2) is 31.6 Å². The second kappa shape index (κ2) is 9.84. The molecule has 0 saturated heterocycles. The van der Waals surface area contributed by atoms with Gasteiger partial charge in [-0.05, 0) is 48.7 Å². The fourth-order valence-corrected chi connectivity index (χ4v) is 2.23. The molecular weight excluding hydrogens is 332 g/mol. The summed E-state index contributed by atoms with van der Waals surface area (Å²) in [6.45, 7) is 1.85. The molecular formula is C20H20N2O4. The third-order valence-electron chi connectivity index (χ3n) is 3.68. The first-order valence-electron chi connectivity index (χ1n) is 8.18. The number of hydrogen-bond acceptors (Lipinski definition) is 5. The van der Waals surface area contributed by atoms with Crippen molar-refractivity contribution in [2.75, 3.05) is 19.8 Å². The normalized spacial score (nSPS) is 9.85. The summed E-state index contributed by atoms with van der Waals surface area (Å²) < 4.78 is 10.1. The van der Waals surface area contributed by atoms with Gasteiger partial charge in [0.2, 0.25) is 0 Å². The van der Waals surface area contributed by atoms with Crippen molar-refractivity contribution in [1.29, 1.82) is 5.26 Å². The number of esters is 1. The van der Waals surface area contributed by atoms with E-state index >= 15 is 0 Å². The van der Waals surface area contributed by atoms with Gasteiger partial charge >= 0.3 is 5.97 Å². The molecule has 26 heavy (non-hydrogen) atoms. The molecule has 0 radical (unpaired) electrons. The molecule has 1 N–H and O–H groups in total. The molecule has 6 nitrogen and oxygen atoms in total. The second-order valence-corrected chi connectivity index (χ2v) is 5.61. The summed E-state index contributed by atoms with van der Waals surface area (Å²) in [5.41, 5.74) is 2.84. The smallest absolute Gasteiger partial charge is 0.344 e. The van der Waals surface area contributed by atoms with E-state index < -0.39 is 5.97 Å². The number of nitrogens with zero attached hydrogens (tertiary/aromatic N) is 1. The van der Waals surface area contributed by atoms with Crippen LogP contribution in [0.25, 0.3) is 0 Å². The number of ether oxygens (including phenoxy) is 2. The number of nitriles is 1. The molecule has 0 fully saturated rings. The maximum Gasteiger partial charge on any atom is 0.344 e. The zero-order chi connectivity index (χ0) is 18.8. The summed E-state index contributed by atoms with van der Waals surface area (Å²) in [6.07, 6.45) is 0.716. The number of rotatable bonds is 8. The summed E-state index contributed by atoms with van der Waals surface area (Å²) in [6, 6.07) is 16.3. The standard InChI is InChI=1S/C20H20N2O4/c1-15-4-2-3-5-17(15)10-11-22-19(23)13-26-20(24)14-25-18-8-6-16(12-21)7-9-18/h2-9H,10-11,13-14H2,1H3,(H,22,23). The van der Waals surface area contributed by atoms with Crippen LogP contribution in [0.5, 0.6) is 5.75 Å². The lowest BCUT2D eigenvalue weighted by Crippen LogP contribution is -2.31. The average Bonchev–Trinajstić information content (AvgIpc) is 2.66. The van der Waals surface area contributed by atoms with Crippen molar-refractivity contribution in [3.8, 4) is 11.8 Å². The first-order valence-corrected chi connectivity index (χ1v) is 8.18. The number of benzene rings is 2. The molecule has 0 aliphatic rings. The highest BCUT2D eigenvalue weighted by Gasteiger charge is 2.08. The van der Waals surface area contributed by atoms with Crippen LogP contribution in [0.15, 0.2) is 48.5 Å². The Morgan fingerprint density at radius 1 is 1.08 bits per heavy atom. The molecule has 0 aliphatic carbocycles. The predicted molar refractivity (Wildman–Crippen MR) is 95.5 cm³/mol. The lowest BCUT2D eigenvalue weighted by Gasteiger charge is -2.09. The van der Waals surface area contributed by atoms with Gasteiger partial charge in [-0.2, -0.15) is 5.26 Å². The summed E-state index contributed by atoms with van der Waals surface area (Å²) >= 11 is 0. The Labute approximate surface area is 152 Å². The quantitative estimate of drug-likeness (QED) is 0.736. The fraction of sp³-hybridized carbons (Fsp3) is 0.250. The third-order valence-corrected chi connectivity index (χ3v) is 3.68. The van der Waals surface area contributed by atoms with E-state index in [1.807, 2.05) is 37.3 Å². The number of carbonyl (C=O) groups is 2. The van der Waals surface area contributed by atoms with Crippen LogP contribution in [0, 0.1) is 18.3 Å². The van der Waals surface area contributed by atoms with E-state index in [9.17, 15) is 9.59 Å². The lowest BCUT2D eigenvalue weighted by molar-refractivity contribution is -0.150. The van der Waals surface area contributed by atoms with Crippen molar-refractivity contribution in [2.45, 2.75) is 13.3 Å². The van der Waals surface area contributed by atoms with E-state index in [1.165, 1.54) is 11.1 Å². The summed E-state index contributed by atoms with van der Waals surface area (Å²) in [5.74, 6) is -0.544. The van der Waals surface area contributed by atoms with E-state index in [1.54, 1.807) is 24.3 Å². The molecule has 2 aromatic rings. The first kappa shape index (κ1) is 19.0. The monoisotopic (exact) mass is 352 g/mol. The summed E-state index contributed by atoms with van der Waals surface area (Å²) in [5, 5.41) is 11.4. The lowest BCUT2D eigenvalue weighted by atomic mass is 10.1. The number of nitrogens with one attached hydrogen (secondary N) is 1. The van der Waals surface area contributed by atoms with Gasteiger partial charge in [0.25, 0.3) is 5.91 Å². The maximum absolute atomic E-state index is 11.7. The van der Waals surface area contributed by atoms with E-state index in [0.717, 1.165) is 0 Å². The van der Waals surface area contributed by atoms with Crippen molar-refractivity contribution in [3.05, 3.63) is 65.2 Å². The molecule has 0 unspecified atom stereocenters. The molecule has 0 aliphatic heterocycles. The molecule has 0 heterocycles. The minimum Gasteiger partial charge on any atom is -0.482 e. The van der Waals surface area contributed by atoms with Crippen LogP contribution in [-0.2, 0) is 20.7 Å². The zero-order valence-corrected chi connectivity index (χ0v) is 14.5. The molecule has 1 amide bonds.